The number of hydrogen-bond acceptors (Lipinski definition) is 8. The second kappa shape index (κ2) is 10.1. The fraction of sp³-hybridized carbons (Fsp3) is 0.263. The Kier molecular flexibility index (Phi) is 7.53. The second-order valence-electron chi connectivity index (χ2n) is 6.51. The van der Waals surface area contributed by atoms with Gasteiger partial charge in [-0.2, -0.15) is 5.10 Å². The number of aryl methyl sites for hydroxylation is 1. The molecule has 2 rings (SSSR count). The number of carbonyl (C=O) groups excluding carboxylic acids is 3. The molecule has 0 aliphatic rings. The van der Waals surface area contributed by atoms with Gasteiger partial charge in [0, 0.05) is 34.7 Å². The summed E-state index contributed by atoms with van der Waals surface area (Å²) >= 11 is 0. The molecule has 0 fully saturated rings. The highest BCUT2D eigenvalue weighted by Gasteiger charge is 2.24. The lowest BCUT2D eigenvalue weighted by molar-refractivity contribution is -0.118. The molecule has 2 amide bonds. The fourth-order valence-corrected chi connectivity index (χ4v) is 2.58. The van der Waals surface area contributed by atoms with Gasteiger partial charge in [-0.3, -0.25) is 19.8 Å². The van der Waals surface area contributed by atoms with E-state index in [-0.39, 0.29) is 34.5 Å². The Balaban J connectivity index is 2.41. The van der Waals surface area contributed by atoms with Gasteiger partial charge in [0.15, 0.2) is 17.8 Å². The lowest BCUT2D eigenvalue weighted by Gasteiger charge is -2.16. The van der Waals surface area contributed by atoms with Crippen molar-refractivity contribution in [1.82, 2.24) is 30.8 Å². The SMILES string of the molecule is CNNC(=O)/C(Nc1c(N)c(C(=O)N(C)C)nn1C)=C(\C=O)NCc1ccccc1. The van der Waals surface area contributed by atoms with Gasteiger partial charge in [-0.1, -0.05) is 30.3 Å². The first-order chi connectivity index (χ1) is 14.3. The number of aldehydes is 1. The van der Waals surface area contributed by atoms with Gasteiger partial charge in [-0.05, 0) is 5.56 Å². The number of allylic oxidation sites excluding steroid dienone is 1. The minimum Gasteiger partial charge on any atom is -0.394 e. The number of rotatable bonds is 9. The number of carbonyl (C=O) groups is 3. The zero-order chi connectivity index (χ0) is 22.3. The third-order valence-electron chi connectivity index (χ3n) is 4.11. The van der Waals surface area contributed by atoms with Gasteiger partial charge < -0.3 is 21.3 Å². The Morgan fingerprint density at radius 3 is 2.47 bits per heavy atom. The van der Waals surface area contributed by atoms with Crippen molar-refractivity contribution >= 4 is 29.6 Å². The normalized spacial score (nSPS) is 11.3. The molecule has 11 heteroatoms. The quantitative estimate of drug-likeness (QED) is 0.211. The van der Waals surface area contributed by atoms with Crippen LogP contribution in [0.5, 0.6) is 0 Å². The van der Waals surface area contributed by atoms with Crippen LogP contribution in [0.2, 0.25) is 0 Å². The van der Waals surface area contributed by atoms with E-state index in [1.54, 1.807) is 21.1 Å². The first-order valence-corrected chi connectivity index (χ1v) is 9.05. The summed E-state index contributed by atoms with van der Waals surface area (Å²) in [5.74, 6) is -0.803. The summed E-state index contributed by atoms with van der Waals surface area (Å²) in [5, 5.41) is 9.91. The molecular formula is C19H26N8O3. The van der Waals surface area contributed by atoms with Crippen molar-refractivity contribution in [2.45, 2.75) is 6.54 Å². The average molecular weight is 414 g/mol. The molecule has 30 heavy (non-hydrogen) atoms. The number of nitrogens with two attached hydrogens (primary N) is 1. The monoisotopic (exact) mass is 414 g/mol. The molecule has 0 unspecified atom stereocenters. The maximum atomic E-state index is 12.6. The van der Waals surface area contributed by atoms with Crippen LogP contribution in [0.4, 0.5) is 11.5 Å². The van der Waals surface area contributed by atoms with Gasteiger partial charge in [0.05, 0.1) is 0 Å². The van der Waals surface area contributed by atoms with Crippen molar-refractivity contribution in [2.24, 2.45) is 7.05 Å². The predicted molar refractivity (Wildman–Crippen MR) is 113 cm³/mol. The van der Waals surface area contributed by atoms with Gasteiger partial charge >= 0.3 is 0 Å². The number of aromatic nitrogens is 2. The average Bonchev–Trinajstić information content (AvgIpc) is 3.01. The van der Waals surface area contributed by atoms with Crippen LogP contribution in [0.25, 0.3) is 0 Å². The maximum Gasteiger partial charge on any atom is 0.284 e. The summed E-state index contributed by atoms with van der Waals surface area (Å²) in [5.41, 5.74) is 12.0. The summed E-state index contributed by atoms with van der Waals surface area (Å²) in [4.78, 5) is 38.0. The van der Waals surface area contributed by atoms with Crippen molar-refractivity contribution in [1.29, 1.82) is 0 Å². The highest BCUT2D eigenvalue weighted by molar-refractivity contribution is 6.03. The molecule has 6 N–H and O–H groups in total. The molecule has 0 atom stereocenters. The van der Waals surface area contributed by atoms with Gasteiger partial charge in [0.2, 0.25) is 0 Å². The minimum absolute atomic E-state index is 0.00712. The van der Waals surface area contributed by atoms with E-state index in [1.165, 1.54) is 16.6 Å². The highest BCUT2D eigenvalue weighted by atomic mass is 16.2. The van der Waals surface area contributed by atoms with Crippen LogP contribution in [0.15, 0.2) is 41.7 Å². The number of hydrazine groups is 1. The Morgan fingerprint density at radius 1 is 1.23 bits per heavy atom. The summed E-state index contributed by atoms with van der Waals surface area (Å²) < 4.78 is 1.33. The minimum atomic E-state index is -0.610. The molecule has 1 aromatic heterocycles. The number of hydrogen-bond donors (Lipinski definition) is 5. The zero-order valence-corrected chi connectivity index (χ0v) is 17.3. The summed E-state index contributed by atoms with van der Waals surface area (Å²) in [6.45, 7) is 0.318. The lowest BCUT2D eigenvalue weighted by atomic mass is 10.2. The Morgan fingerprint density at radius 2 is 1.90 bits per heavy atom. The Bertz CT molecular complexity index is 950. The molecule has 0 spiro atoms. The smallest absolute Gasteiger partial charge is 0.284 e. The predicted octanol–water partition coefficient (Wildman–Crippen LogP) is -0.433. The fourth-order valence-electron chi connectivity index (χ4n) is 2.58. The highest BCUT2D eigenvalue weighted by Crippen LogP contribution is 2.24. The van der Waals surface area contributed by atoms with Gasteiger partial charge in [0.25, 0.3) is 11.8 Å². The number of nitrogens with zero attached hydrogens (tertiary/aromatic N) is 3. The molecule has 1 aromatic carbocycles. The summed E-state index contributed by atoms with van der Waals surface area (Å²) in [6, 6.07) is 9.38. The number of anilines is 2. The molecule has 1 heterocycles. The van der Waals surface area contributed by atoms with Crippen molar-refractivity contribution in [3.05, 3.63) is 53.0 Å². The van der Waals surface area contributed by atoms with E-state index in [4.69, 9.17) is 5.73 Å². The molecular weight excluding hydrogens is 388 g/mol. The van der Waals surface area contributed by atoms with E-state index < -0.39 is 5.91 Å². The Hall–Kier alpha value is -3.86. The molecule has 2 aromatic rings. The van der Waals surface area contributed by atoms with Crippen LogP contribution in [-0.4, -0.2) is 53.9 Å². The number of benzene rings is 1. The molecule has 0 bridgehead atoms. The molecule has 0 radical (unpaired) electrons. The topological polar surface area (TPSA) is 146 Å². The molecule has 0 aliphatic heterocycles. The van der Waals surface area contributed by atoms with Crippen molar-refractivity contribution in [2.75, 3.05) is 32.2 Å². The van der Waals surface area contributed by atoms with E-state index in [1.807, 2.05) is 30.3 Å². The largest absolute Gasteiger partial charge is 0.394 e. The van der Waals surface area contributed by atoms with Gasteiger partial charge in [-0.25, -0.2) is 10.1 Å². The first kappa shape index (κ1) is 22.4. The van der Waals surface area contributed by atoms with Gasteiger partial charge in [0.1, 0.15) is 17.1 Å². The van der Waals surface area contributed by atoms with Crippen LogP contribution < -0.4 is 27.2 Å². The Labute approximate surface area is 174 Å². The van der Waals surface area contributed by atoms with E-state index >= 15 is 0 Å². The zero-order valence-electron chi connectivity index (χ0n) is 17.3. The summed E-state index contributed by atoms with van der Waals surface area (Å²) in [7, 11) is 6.23. The lowest BCUT2D eigenvalue weighted by Crippen LogP contribution is -2.39. The van der Waals surface area contributed by atoms with Crippen LogP contribution in [0.3, 0.4) is 0 Å². The van der Waals surface area contributed by atoms with Crippen LogP contribution in [0.1, 0.15) is 16.1 Å². The van der Waals surface area contributed by atoms with E-state index in [9.17, 15) is 14.4 Å². The van der Waals surface area contributed by atoms with Crippen LogP contribution >= 0.6 is 0 Å². The molecule has 0 saturated heterocycles. The van der Waals surface area contributed by atoms with E-state index in [0.717, 1.165) is 5.56 Å². The number of nitrogen functional groups attached to an aromatic ring is 1. The maximum absolute atomic E-state index is 12.6. The number of nitrogens with one attached hydrogen (secondary N) is 4. The molecule has 0 aliphatic carbocycles. The molecule has 0 saturated carbocycles. The van der Waals surface area contributed by atoms with Crippen LogP contribution in [0, 0.1) is 0 Å². The van der Waals surface area contributed by atoms with E-state index in [0.29, 0.717) is 12.8 Å². The number of amides is 2. The molecule has 160 valence electrons. The van der Waals surface area contributed by atoms with Gasteiger partial charge in [-0.15, -0.1) is 0 Å². The second-order valence-corrected chi connectivity index (χ2v) is 6.51. The third-order valence-corrected chi connectivity index (χ3v) is 4.11. The van der Waals surface area contributed by atoms with Crippen molar-refractivity contribution < 1.29 is 14.4 Å². The van der Waals surface area contributed by atoms with Crippen LogP contribution in [-0.2, 0) is 23.2 Å². The summed E-state index contributed by atoms with van der Waals surface area (Å²) in [6.07, 6.45) is 0.527. The first-order valence-electron chi connectivity index (χ1n) is 9.05. The van der Waals surface area contributed by atoms with E-state index in [2.05, 4.69) is 26.6 Å². The van der Waals surface area contributed by atoms with Crippen molar-refractivity contribution in [3.63, 3.8) is 0 Å². The molecule has 11 nitrogen and oxygen atoms in total. The standard InChI is InChI=1S/C19H26N8O3/c1-21-24-18(29)15(13(11-28)22-10-12-8-6-5-7-9-12)23-17-14(20)16(25-27(17)4)19(30)26(2)3/h5-9,11,21-23H,10,20H2,1-4H3,(H,24,29)/b15-13-. The third kappa shape index (κ3) is 5.14. The van der Waals surface area contributed by atoms with Crippen molar-refractivity contribution in [3.8, 4) is 0 Å².